The van der Waals surface area contributed by atoms with E-state index in [4.69, 9.17) is 0 Å². The number of rotatable bonds is 6. The smallest absolute Gasteiger partial charge is 0.0445 e. The molecule has 3 heteroatoms. The van der Waals surface area contributed by atoms with Crippen molar-refractivity contribution in [2.24, 2.45) is 5.92 Å². The molecule has 1 aromatic heterocycles. The monoisotopic (exact) mass is 275 g/mol. The number of pyridine rings is 1. The second-order valence-electron chi connectivity index (χ2n) is 5.95. The van der Waals surface area contributed by atoms with Crippen LogP contribution in [0.15, 0.2) is 12.3 Å². The van der Waals surface area contributed by atoms with E-state index in [1.807, 2.05) is 6.20 Å². The largest absolute Gasteiger partial charge is 0.371 e. The highest BCUT2D eigenvalue weighted by Gasteiger charge is 2.20. The molecule has 3 nitrogen and oxygen atoms in total. The molecule has 0 unspecified atom stereocenters. The molecule has 112 valence electrons. The standard InChI is InChI=1S/C17H29N3/c1-4-6-15-7-9-20(10-8-15)17-11-14(3)19-13-16(17)12-18-5-2/h11,13,15,18H,4-10,12H2,1-3H3. The Morgan fingerprint density at radius 1 is 1.30 bits per heavy atom. The number of hydrogen-bond donors (Lipinski definition) is 1. The van der Waals surface area contributed by atoms with Gasteiger partial charge in [-0.05, 0) is 38.3 Å². The molecule has 0 atom stereocenters. The van der Waals surface area contributed by atoms with Gasteiger partial charge in [-0.25, -0.2) is 0 Å². The van der Waals surface area contributed by atoms with E-state index in [1.54, 1.807) is 0 Å². The molecule has 1 fully saturated rings. The van der Waals surface area contributed by atoms with Crippen LogP contribution in [-0.4, -0.2) is 24.6 Å². The average molecular weight is 275 g/mol. The minimum absolute atomic E-state index is 0.925. The summed E-state index contributed by atoms with van der Waals surface area (Å²) in [6.45, 7) is 10.9. The van der Waals surface area contributed by atoms with Gasteiger partial charge in [0.15, 0.2) is 0 Å². The van der Waals surface area contributed by atoms with Crippen LogP contribution in [0.25, 0.3) is 0 Å². The molecule has 2 heterocycles. The number of hydrogen-bond acceptors (Lipinski definition) is 3. The lowest BCUT2D eigenvalue weighted by Crippen LogP contribution is -2.34. The first-order valence-corrected chi connectivity index (χ1v) is 8.15. The highest BCUT2D eigenvalue weighted by Crippen LogP contribution is 2.28. The molecular weight excluding hydrogens is 246 g/mol. The number of aromatic nitrogens is 1. The van der Waals surface area contributed by atoms with Crippen molar-refractivity contribution in [3.05, 3.63) is 23.5 Å². The van der Waals surface area contributed by atoms with Crippen molar-refractivity contribution in [2.45, 2.75) is 53.0 Å². The maximum Gasteiger partial charge on any atom is 0.0445 e. The Bertz CT molecular complexity index is 409. The summed E-state index contributed by atoms with van der Waals surface area (Å²) in [5, 5.41) is 3.43. The summed E-state index contributed by atoms with van der Waals surface area (Å²) < 4.78 is 0. The van der Waals surface area contributed by atoms with Crippen LogP contribution in [0.4, 0.5) is 5.69 Å². The van der Waals surface area contributed by atoms with E-state index in [-0.39, 0.29) is 0 Å². The third-order valence-corrected chi connectivity index (χ3v) is 4.32. The van der Waals surface area contributed by atoms with Crippen LogP contribution in [0.3, 0.4) is 0 Å². The zero-order valence-electron chi connectivity index (χ0n) is 13.3. The summed E-state index contributed by atoms with van der Waals surface area (Å²) in [5.41, 5.74) is 3.86. The molecule has 2 rings (SSSR count). The molecule has 0 saturated carbocycles. The lowest BCUT2D eigenvalue weighted by atomic mass is 9.92. The predicted octanol–water partition coefficient (Wildman–Crippen LogP) is 3.52. The lowest BCUT2D eigenvalue weighted by molar-refractivity contribution is 0.378. The van der Waals surface area contributed by atoms with Crippen molar-refractivity contribution in [1.82, 2.24) is 10.3 Å². The van der Waals surface area contributed by atoms with Crippen LogP contribution >= 0.6 is 0 Å². The van der Waals surface area contributed by atoms with Gasteiger partial charge in [-0.2, -0.15) is 0 Å². The summed E-state index contributed by atoms with van der Waals surface area (Å²) in [7, 11) is 0. The zero-order valence-corrected chi connectivity index (χ0v) is 13.3. The van der Waals surface area contributed by atoms with E-state index in [1.165, 1.54) is 50.0 Å². The minimum atomic E-state index is 0.925. The highest BCUT2D eigenvalue weighted by molar-refractivity contribution is 5.54. The number of nitrogens with one attached hydrogen (secondary N) is 1. The van der Waals surface area contributed by atoms with Crippen molar-refractivity contribution >= 4 is 5.69 Å². The molecule has 1 aliphatic heterocycles. The quantitative estimate of drug-likeness (QED) is 0.861. The maximum atomic E-state index is 4.47. The topological polar surface area (TPSA) is 28.2 Å². The number of aryl methyl sites for hydroxylation is 1. The normalized spacial score (nSPS) is 16.6. The summed E-state index contributed by atoms with van der Waals surface area (Å²) >= 11 is 0. The van der Waals surface area contributed by atoms with E-state index in [2.05, 4.69) is 42.0 Å². The van der Waals surface area contributed by atoms with E-state index < -0.39 is 0 Å². The van der Waals surface area contributed by atoms with Gasteiger partial charge < -0.3 is 10.2 Å². The Labute approximate surface area is 123 Å². The van der Waals surface area contributed by atoms with Gasteiger partial charge in [0.25, 0.3) is 0 Å². The predicted molar refractivity (Wildman–Crippen MR) is 86.2 cm³/mol. The summed E-state index contributed by atoms with van der Waals surface area (Å²) in [4.78, 5) is 7.03. The van der Waals surface area contributed by atoms with Crippen molar-refractivity contribution in [2.75, 3.05) is 24.5 Å². The summed E-state index contributed by atoms with van der Waals surface area (Å²) in [6, 6.07) is 2.26. The van der Waals surface area contributed by atoms with E-state index in [0.717, 1.165) is 24.7 Å². The minimum Gasteiger partial charge on any atom is -0.371 e. The molecule has 1 saturated heterocycles. The Morgan fingerprint density at radius 3 is 2.70 bits per heavy atom. The van der Waals surface area contributed by atoms with E-state index >= 15 is 0 Å². The molecule has 0 amide bonds. The van der Waals surface area contributed by atoms with Gasteiger partial charge >= 0.3 is 0 Å². The van der Waals surface area contributed by atoms with Crippen LogP contribution in [0.2, 0.25) is 0 Å². The first-order valence-electron chi connectivity index (χ1n) is 8.15. The number of anilines is 1. The first kappa shape index (κ1) is 15.3. The van der Waals surface area contributed by atoms with Crippen molar-refractivity contribution in [3.8, 4) is 0 Å². The van der Waals surface area contributed by atoms with Crippen molar-refractivity contribution < 1.29 is 0 Å². The first-order chi connectivity index (χ1) is 9.74. The maximum absolute atomic E-state index is 4.47. The molecule has 1 aromatic rings. The molecule has 0 radical (unpaired) electrons. The van der Waals surface area contributed by atoms with Gasteiger partial charge in [0, 0.05) is 42.8 Å². The zero-order chi connectivity index (χ0) is 14.4. The molecule has 0 bridgehead atoms. The summed E-state index contributed by atoms with van der Waals surface area (Å²) in [6.07, 6.45) is 7.45. The Morgan fingerprint density at radius 2 is 2.05 bits per heavy atom. The Balaban J connectivity index is 2.05. The molecule has 0 spiro atoms. The molecule has 0 aliphatic carbocycles. The van der Waals surface area contributed by atoms with Crippen molar-refractivity contribution in [3.63, 3.8) is 0 Å². The molecule has 1 N–H and O–H groups in total. The average Bonchev–Trinajstić information content (AvgIpc) is 2.47. The van der Waals surface area contributed by atoms with Gasteiger partial charge in [0.05, 0.1) is 0 Å². The number of nitrogens with zero attached hydrogens (tertiary/aromatic N) is 2. The fraction of sp³-hybridized carbons (Fsp3) is 0.706. The molecule has 20 heavy (non-hydrogen) atoms. The van der Waals surface area contributed by atoms with E-state index in [0.29, 0.717) is 0 Å². The third kappa shape index (κ3) is 3.95. The fourth-order valence-electron chi connectivity index (χ4n) is 3.13. The van der Waals surface area contributed by atoms with E-state index in [9.17, 15) is 0 Å². The molecule has 0 aromatic carbocycles. The fourth-order valence-corrected chi connectivity index (χ4v) is 3.13. The van der Waals surface area contributed by atoms with Gasteiger partial charge in [-0.15, -0.1) is 0 Å². The van der Waals surface area contributed by atoms with Gasteiger partial charge in [0.1, 0.15) is 0 Å². The third-order valence-electron chi connectivity index (χ3n) is 4.32. The SMILES string of the molecule is CCCC1CCN(c2cc(C)ncc2CNCC)CC1. The summed E-state index contributed by atoms with van der Waals surface area (Å²) in [5.74, 6) is 0.941. The second kappa shape index (κ2) is 7.63. The molecule has 1 aliphatic rings. The molecular formula is C17H29N3. The van der Waals surface area contributed by atoms with Gasteiger partial charge in [-0.1, -0.05) is 26.7 Å². The van der Waals surface area contributed by atoms with Crippen LogP contribution in [0, 0.1) is 12.8 Å². The Hall–Kier alpha value is -1.09. The van der Waals surface area contributed by atoms with Crippen LogP contribution < -0.4 is 10.2 Å². The van der Waals surface area contributed by atoms with Gasteiger partial charge in [0.2, 0.25) is 0 Å². The lowest BCUT2D eigenvalue weighted by Gasteiger charge is -2.35. The van der Waals surface area contributed by atoms with Gasteiger partial charge in [-0.3, -0.25) is 4.98 Å². The van der Waals surface area contributed by atoms with Crippen LogP contribution in [-0.2, 0) is 6.54 Å². The highest BCUT2D eigenvalue weighted by atomic mass is 15.1. The van der Waals surface area contributed by atoms with Crippen molar-refractivity contribution in [1.29, 1.82) is 0 Å². The van der Waals surface area contributed by atoms with Crippen LogP contribution in [0.5, 0.6) is 0 Å². The Kier molecular flexibility index (Phi) is 5.84. The number of piperidine rings is 1. The second-order valence-corrected chi connectivity index (χ2v) is 5.95. The van der Waals surface area contributed by atoms with Crippen LogP contribution in [0.1, 0.15) is 50.8 Å².